The Bertz CT molecular complexity index is 616. The summed E-state index contributed by atoms with van der Waals surface area (Å²) in [6.45, 7) is 5.66. The van der Waals surface area contributed by atoms with Crippen molar-refractivity contribution >= 4 is 11.7 Å². The van der Waals surface area contributed by atoms with Gasteiger partial charge in [0.1, 0.15) is 11.6 Å². The molecule has 1 aromatic heterocycles. The van der Waals surface area contributed by atoms with E-state index in [1.54, 1.807) is 24.3 Å². The van der Waals surface area contributed by atoms with Gasteiger partial charge in [-0.1, -0.05) is 6.07 Å². The third-order valence-electron chi connectivity index (χ3n) is 2.74. The van der Waals surface area contributed by atoms with Crippen molar-refractivity contribution in [2.45, 2.75) is 20.8 Å². The molecule has 0 unspecified atom stereocenters. The minimum atomic E-state index is -0.366. The highest BCUT2D eigenvalue weighted by Gasteiger charge is 2.12. The van der Waals surface area contributed by atoms with Gasteiger partial charge in [0.05, 0.1) is 5.56 Å². The lowest BCUT2D eigenvalue weighted by Gasteiger charge is -2.08. The van der Waals surface area contributed by atoms with Crippen LogP contribution in [0.2, 0.25) is 0 Å². The van der Waals surface area contributed by atoms with E-state index in [-0.39, 0.29) is 17.2 Å². The Labute approximate surface area is 112 Å². The summed E-state index contributed by atoms with van der Waals surface area (Å²) >= 11 is 0. The first-order valence-electron chi connectivity index (χ1n) is 6.02. The minimum absolute atomic E-state index is 0.0260. The van der Waals surface area contributed by atoms with E-state index < -0.39 is 0 Å². The molecule has 0 saturated heterocycles. The standard InChI is InChI=1S/C15H16N2O2/c1-9-4-5-12(13(18)7-9)15(19)17-14-8-10(2)6-11(3)16-14/h4-8,18H,1-3H3,(H,16,17,19). The highest BCUT2D eigenvalue weighted by atomic mass is 16.3. The second-order valence-corrected chi connectivity index (χ2v) is 4.65. The summed E-state index contributed by atoms with van der Waals surface area (Å²) in [5.74, 6) is 0.0966. The maximum atomic E-state index is 12.1. The van der Waals surface area contributed by atoms with E-state index in [4.69, 9.17) is 0 Å². The molecule has 0 aliphatic rings. The van der Waals surface area contributed by atoms with E-state index in [2.05, 4.69) is 10.3 Å². The molecule has 1 aromatic carbocycles. The number of rotatable bonds is 2. The summed E-state index contributed by atoms with van der Waals surface area (Å²) in [5.41, 5.74) is 3.00. The number of pyridine rings is 1. The highest BCUT2D eigenvalue weighted by molar-refractivity contribution is 6.05. The molecular formula is C15H16N2O2. The average molecular weight is 256 g/mol. The van der Waals surface area contributed by atoms with E-state index in [0.717, 1.165) is 16.8 Å². The molecule has 0 aliphatic heterocycles. The Hall–Kier alpha value is -2.36. The molecule has 4 heteroatoms. The van der Waals surface area contributed by atoms with Crippen molar-refractivity contribution in [3.05, 3.63) is 52.7 Å². The van der Waals surface area contributed by atoms with Gasteiger partial charge in [-0.05, 0) is 56.2 Å². The number of hydrogen-bond donors (Lipinski definition) is 2. The van der Waals surface area contributed by atoms with E-state index in [9.17, 15) is 9.90 Å². The number of aryl methyl sites for hydroxylation is 3. The molecule has 0 spiro atoms. The number of benzene rings is 1. The minimum Gasteiger partial charge on any atom is -0.507 e. The largest absolute Gasteiger partial charge is 0.507 e. The lowest BCUT2D eigenvalue weighted by molar-refractivity contribution is 0.102. The summed E-state index contributed by atoms with van der Waals surface area (Å²) in [5, 5.41) is 12.5. The first-order chi connectivity index (χ1) is 8.95. The third kappa shape index (κ3) is 3.10. The van der Waals surface area contributed by atoms with Crippen molar-refractivity contribution in [1.29, 1.82) is 0 Å². The van der Waals surface area contributed by atoms with Crippen LogP contribution in [0.15, 0.2) is 30.3 Å². The predicted octanol–water partition coefficient (Wildman–Crippen LogP) is 2.96. The molecule has 0 aliphatic carbocycles. The van der Waals surface area contributed by atoms with Crippen LogP contribution in [-0.2, 0) is 0 Å². The van der Waals surface area contributed by atoms with Gasteiger partial charge >= 0.3 is 0 Å². The van der Waals surface area contributed by atoms with Gasteiger partial charge in [0.15, 0.2) is 0 Å². The van der Waals surface area contributed by atoms with Crippen LogP contribution in [0.25, 0.3) is 0 Å². The maximum Gasteiger partial charge on any atom is 0.260 e. The van der Waals surface area contributed by atoms with Crippen LogP contribution in [0.5, 0.6) is 5.75 Å². The van der Waals surface area contributed by atoms with Crippen LogP contribution in [0.4, 0.5) is 5.82 Å². The molecule has 0 saturated carbocycles. The van der Waals surface area contributed by atoms with E-state index in [1.165, 1.54) is 0 Å². The Balaban J connectivity index is 2.25. The monoisotopic (exact) mass is 256 g/mol. The lowest BCUT2D eigenvalue weighted by atomic mass is 10.1. The Morgan fingerprint density at radius 1 is 1.11 bits per heavy atom. The van der Waals surface area contributed by atoms with Gasteiger partial charge in [0, 0.05) is 5.69 Å². The fourth-order valence-electron chi connectivity index (χ4n) is 1.92. The molecular weight excluding hydrogens is 240 g/mol. The molecule has 2 N–H and O–H groups in total. The number of amides is 1. The third-order valence-corrected chi connectivity index (χ3v) is 2.74. The van der Waals surface area contributed by atoms with Crippen molar-refractivity contribution < 1.29 is 9.90 Å². The van der Waals surface area contributed by atoms with Gasteiger partial charge in [0.2, 0.25) is 0 Å². The fourth-order valence-corrected chi connectivity index (χ4v) is 1.92. The maximum absolute atomic E-state index is 12.1. The van der Waals surface area contributed by atoms with Gasteiger partial charge in [-0.15, -0.1) is 0 Å². The van der Waals surface area contributed by atoms with Crippen LogP contribution >= 0.6 is 0 Å². The molecule has 2 rings (SSSR count). The molecule has 1 heterocycles. The Kier molecular flexibility index (Phi) is 3.51. The number of aromatic nitrogens is 1. The number of nitrogens with one attached hydrogen (secondary N) is 1. The predicted molar refractivity (Wildman–Crippen MR) is 74.5 cm³/mol. The number of carbonyl (C=O) groups is 1. The smallest absolute Gasteiger partial charge is 0.260 e. The summed E-state index contributed by atoms with van der Waals surface area (Å²) in [6.07, 6.45) is 0. The van der Waals surface area contributed by atoms with Crippen LogP contribution < -0.4 is 5.32 Å². The van der Waals surface area contributed by atoms with E-state index >= 15 is 0 Å². The molecule has 98 valence electrons. The summed E-state index contributed by atoms with van der Waals surface area (Å²) in [7, 11) is 0. The fraction of sp³-hybridized carbons (Fsp3) is 0.200. The SMILES string of the molecule is Cc1cc(C)nc(NC(=O)c2ccc(C)cc2O)c1. The van der Waals surface area contributed by atoms with Crippen molar-refractivity contribution in [2.24, 2.45) is 0 Å². The van der Waals surface area contributed by atoms with Crippen molar-refractivity contribution in [1.82, 2.24) is 4.98 Å². The first-order valence-corrected chi connectivity index (χ1v) is 6.02. The molecule has 0 bridgehead atoms. The number of aromatic hydroxyl groups is 1. The van der Waals surface area contributed by atoms with Crippen LogP contribution in [-0.4, -0.2) is 16.0 Å². The lowest BCUT2D eigenvalue weighted by Crippen LogP contribution is -2.13. The molecule has 1 amide bonds. The van der Waals surface area contributed by atoms with Crippen LogP contribution in [0.3, 0.4) is 0 Å². The molecule has 2 aromatic rings. The quantitative estimate of drug-likeness (QED) is 0.868. The number of phenols is 1. The summed E-state index contributed by atoms with van der Waals surface area (Å²) in [6, 6.07) is 8.66. The van der Waals surface area contributed by atoms with E-state index in [1.807, 2.05) is 26.8 Å². The van der Waals surface area contributed by atoms with Gasteiger partial charge in [-0.25, -0.2) is 4.98 Å². The zero-order chi connectivity index (χ0) is 14.0. The first kappa shape index (κ1) is 13.1. The van der Waals surface area contributed by atoms with Crippen molar-refractivity contribution in [3.63, 3.8) is 0 Å². The zero-order valence-electron chi connectivity index (χ0n) is 11.2. The average Bonchev–Trinajstić information content (AvgIpc) is 2.26. The topological polar surface area (TPSA) is 62.2 Å². The normalized spacial score (nSPS) is 10.3. The molecule has 4 nitrogen and oxygen atoms in total. The second kappa shape index (κ2) is 5.10. The van der Waals surface area contributed by atoms with Crippen LogP contribution in [0.1, 0.15) is 27.2 Å². The van der Waals surface area contributed by atoms with Crippen molar-refractivity contribution in [3.8, 4) is 5.75 Å². The van der Waals surface area contributed by atoms with E-state index in [0.29, 0.717) is 5.82 Å². The second-order valence-electron chi connectivity index (χ2n) is 4.65. The number of carbonyl (C=O) groups excluding carboxylic acids is 1. The van der Waals surface area contributed by atoms with Gasteiger partial charge in [-0.2, -0.15) is 0 Å². The van der Waals surface area contributed by atoms with Gasteiger partial charge < -0.3 is 10.4 Å². The molecule has 0 fully saturated rings. The zero-order valence-corrected chi connectivity index (χ0v) is 11.2. The number of hydrogen-bond acceptors (Lipinski definition) is 3. The Morgan fingerprint density at radius 3 is 2.47 bits per heavy atom. The van der Waals surface area contributed by atoms with Crippen molar-refractivity contribution in [2.75, 3.05) is 5.32 Å². The number of anilines is 1. The Morgan fingerprint density at radius 2 is 1.84 bits per heavy atom. The number of phenolic OH excluding ortho intramolecular Hbond substituents is 1. The highest BCUT2D eigenvalue weighted by Crippen LogP contribution is 2.20. The van der Waals surface area contributed by atoms with Crippen LogP contribution in [0, 0.1) is 20.8 Å². The number of nitrogens with zero attached hydrogens (tertiary/aromatic N) is 1. The molecule has 19 heavy (non-hydrogen) atoms. The van der Waals surface area contributed by atoms with Gasteiger partial charge in [-0.3, -0.25) is 4.79 Å². The molecule has 0 atom stereocenters. The van der Waals surface area contributed by atoms with Gasteiger partial charge in [0.25, 0.3) is 5.91 Å². The summed E-state index contributed by atoms with van der Waals surface area (Å²) in [4.78, 5) is 16.3. The molecule has 0 radical (unpaired) electrons. The summed E-state index contributed by atoms with van der Waals surface area (Å²) < 4.78 is 0.